The van der Waals surface area contributed by atoms with E-state index < -0.39 is 6.10 Å². The van der Waals surface area contributed by atoms with Crippen LogP contribution in [0.3, 0.4) is 0 Å². The Morgan fingerprint density at radius 2 is 0.434 bits per heavy atom. The van der Waals surface area contributed by atoms with Crippen LogP contribution in [0.2, 0.25) is 0 Å². The highest BCUT2D eigenvalue weighted by atomic mass is 16.6. The van der Waals surface area contributed by atoms with Crippen molar-refractivity contribution in [3.63, 3.8) is 0 Å². The van der Waals surface area contributed by atoms with Crippen molar-refractivity contribution in [2.75, 3.05) is 13.2 Å². The van der Waals surface area contributed by atoms with E-state index in [2.05, 4.69) is 45.1 Å². The molecule has 83 heavy (non-hydrogen) atoms. The predicted octanol–water partition coefficient (Wildman–Crippen LogP) is 26.1. The van der Waals surface area contributed by atoms with E-state index in [0.29, 0.717) is 19.3 Å². The maximum absolute atomic E-state index is 13.0. The predicted molar refractivity (Wildman–Crippen MR) is 363 cm³/mol. The van der Waals surface area contributed by atoms with Gasteiger partial charge in [-0.1, -0.05) is 385 Å². The molecule has 0 bridgehead atoms. The topological polar surface area (TPSA) is 78.9 Å². The van der Waals surface area contributed by atoms with Crippen molar-refractivity contribution in [2.24, 2.45) is 0 Å². The normalized spacial score (nSPS) is 12.1. The van der Waals surface area contributed by atoms with Crippen molar-refractivity contribution in [3.05, 3.63) is 24.3 Å². The summed E-state index contributed by atoms with van der Waals surface area (Å²) in [5.41, 5.74) is 0. The molecule has 1 atom stereocenters. The molecule has 0 aliphatic rings. The number of ether oxygens (including phenoxy) is 3. The largest absolute Gasteiger partial charge is 0.462 e. The molecule has 0 amide bonds. The van der Waals surface area contributed by atoms with Gasteiger partial charge in [-0.2, -0.15) is 0 Å². The zero-order valence-electron chi connectivity index (χ0n) is 56.5. The summed E-state index contributed by atoms with van der Waals surface area (Å²) in [4.78, 5) is 38.4. The summed E-state index contributed by atoms with van der Waals surface area (Å²) in [6.07, 6.45) is 89.6. The lowest BCUT2D eigenvalue weighted by molar-refractivity contribution is -0.167. The van der Waals surface area contributed by atoms with Gasteiger partial charge in [-0.25, -0.2) is 0 Å². The van der Waals surface area contributed by atoms with Gasteiger partial charge in [-0.3, -0.25) is 14.4 Å². The molecule has 0 aromatic rings. The SMILES string of the molecule is CCCCCCC/C=C\C/C=C\CCCCCCCCCCCCCCCCCCCC(=O)OCC(COC(=O)CCCCCCCCCCCC)OC(=O)CCCCCCCCCCCCCCCCCCCCCCCCCCCC. The summed E-state index contributed by atoms with van der Waals surface area (Å²) in [5.74, 6) is -0.830. The molecule has 0 saturated carbocycles. The number of allylic oxidation sites excluding steroid dienone is 4. The van der Waals surface area contributed by atoms with E-state index >= 15 is 0 Å². The van der Waals surface area contributed by atoms with Gasteiger partial charge in [0.25, 0.3) is 0 Å². The second kappa shape index (κ2) is 72.4. The fourth-order valence-electron chi connectivity index (χ4n) is 11.8. The quantitative estimate of drug-likeness (QED) is 0.0261. The van der Waals surface area contributed by atoms with E-state index in [0.717, 1.165) is 64.2 Å². The van der Waals surface area contributed by atoms with Gasteiger partial charge in [0.15, 0.2) is 6.10 Å². The van der Waals surface area contributed by atoms with E-state index in [4.69, 9.17) is 14.2 Å². The maximum atomic E-state index is 13.0. The van der Waals surface area contributed by atoms with E-state index in [-0.39, 0.29) is 31.1 Å². The Bertz CT molecular complexity index is 1340. The standard InChI is InChI=1S/C77H146O6/c1-4-7-10-13-16-19-22-24-26-28-30-32-34-36-38-39-40-42-43-45-47-49-51-53-55-58-61-64-67-70-76(79)82-73-74(72-81-75(78)69-66-63-60-57-21-18-15-12-9-6-3)83-77(80)71-68-65-62-59-56-54-52-50-48-46-44-41-37-35-33-31-29-27-25-23-20-17-14-11-8-5-2/h22,24,28,30,74H,4-21,23,25-27,29,31-73H2,1-3H3/b24-22-,30-28-. The monoisotopic (exact) mass is 1170 g/mol. The molecular weight excluding hydrogens is 1020 g/mol. The molecule has 0 spiro atoms. The van der Waals surface area contributed by atoms with Crippen LogP contribution in [0.25, 0.3) is 0 Å². The zero-order chi connectivity index (χ0) is 59.9. The van der Waals surface area contributed by atoms with Gasteiger partial charge in [0, 0.05) is 19.3 Å². The van der Waals surface area contributed by atoms with Crippen LogP contribution < -0.4 is 0 Å². The van der Waals surface area contributed by atoms with Crippen LogP contribution >= 0.6 is 0 Å². The Kier molecular flexibility index (Phi) is 70.5. The highest BCUT2D eigenvalue weighted by Gasteiger charge is 2.20. The first-order valence-electron chi connectivity index (χ1n) is 37.8. The van der Waals surface area contributed by atoms with Crippen molar-refractivity contribution in [3.8, 4) is 0 Å². The molecule has 0 aliphatic carbocycles. The fraction of sp³-hybridized carbons (Fsp3) is 0.909. The smallest absolute Gasteiger partial charge is 0.306 e. The summed E-state index contributed by atoms with van der Waals surface area (Å²) in [7, 11) is 0. The molecule has 490 valence electrons. The Balaban J connectivity index is 4.08. The molecule has 6 heteroatoms. The minimum atomic E-state index is -0.766. The summed E-state index contributed by atoms with van der Waals surface area (Å²) in [6.45, 7) is 6.71. The third kappa shape index (κ3) is 70.5. The summed E-state index contributed by atoms with van der Waals surface area (Å²) < 4.78 is 17.0. The van der Waals surface area contributed by atoms with Gasteiger partial charge in [0.05, 0.1) is 0 Å². The minimum absolute atomic E-state index is 0.0636. The highest BCUT2D eigenvalue weighted by molar-refractivity contribution is 5.71. The number of carbonyl (C=O) groups is 3. The molecule has 0 saturated heterocycles. The molecule has 1 unspecified atom stereocenters. The number of rotatable bonds is 71. The molecule has 0 radical (unpaired) electrons. The van der Waals surface area contributed by atoms with Crippen LogP contribution in [0, 0.1) is 0 Å². The zero-order valence-corrected chi connectivity index (χ0v) is 56.5. The van der Waals surface area contributed by atoms with Gasteiger partial charge in [-0.15, -0.1) is 0 Å². The van der Waals surface area contributed by atoms with Gasteiger partial charge in [0.2, 0.25) is 0 Å². The molecular formula is C77H146O6. The first-order valence-corrected chi connectivity index (χ1v) is 37.8. The van der Waals surface area contributed by atoms with Crippen molar-refractivity contribution in [2.45, 2.75) is 438 Å². The fourth-order valence-corrected chi connectivity index (χ4v) is 11.8. The van der Waals surface area contributed by atoms with E-state index in [1.54, 1.807) is 0 Å². The number of unbranched alkanes of at least 4 members (excludes halogenated alkanes) is 56. The Morgan fingerprint density at radius 3 is 0.663 bits per heavy atom. The molecule has 0 rings (SSSR count). The van der Waals surface area contributed by atoms with E-state index in [1.165, 1.54) is 327 Å². The molecule has 0 aromatic carbocycles. The van der Waals surface area contributed by atoms with Crippen LogP contribution in [0.4, 0.5) is 0 Å². The molecule has 0 aliphatic heterocycles. The van der Waals surface area contributed by atoms with Crippen LogP contribution in [0.1, 0.15) is 432 Å². The Morgan fingerprint density at radius 1 is 0.241 bits per heavy atom. The molecule has 0 N–H and O–H groups in total. The Labute approximate surface area is 519 Å². The minimum Gasteiger partial charge on any atom is -0.462 e. The average Bonchev–Trinajstić information content (AvgIpc) is 3.49. The summed E-state index contributed by atoms with van der Waals surface area (Å²) in [5, 5.41) is 0. The number of hydrogen-bond acceptors (Lipinski definition) is 6. The van der Waals surface area contributed by atoms with Crippen LogP contribution in [-0.2, 0) is 28.6 Å². The lowest BCUT2D eigenvalue weighted by Gasteiger charge is -2.18. The van der Waals surface area contributed by atoms with Crippen LogP contribution in [0.5, 0.6) is 0 Å². The van der Waals surface area contributed by atoms with Gasteiger partial charge < -0.3 is 14.2 Å². The van der Waals surface area contributed by atoms with Crippen molar-refractivity contribution < 1.29 is 28.6 Å². The molecule has 0 fully saturated rings. The first kappa shape index (κ1) is 80.9. The van der Waals surface area contributed by atoms with Crippen molar-refractivity contribution >= 4 is 17.9 Å². The third-order valence-electron chi connectivity index (χ3n) is 17.5. The van der Waals surface area contributed by atoms with Crippen molar-refractivity contribution in [1.29, 1.82) is 0 Å². The highest BCUT2D eigenvalue weighted by Crippen LogP contribution is 2.19. The number of carbonyl (C=O) groups excluding carboxylic acids is 3. The van der Waals surface area contributed by atoms with Gasteiger partial charge in [-0.05, 0) is 51.4 Å². The van der Waals surface area contributed by atoms with Crippen LogP contribution in [-0.4, -0.2) is 37.2 Å². The third-order valence-corrected chi connectivity index (χ3v) is 17.5. The lowest BCUT2D eigenvalue weighted by atomic mass is 10.0. The number of esters is 3. The second-order valence-electron chi connectivity index (χ2n) is 25.9. The number of hydrogen-bond donors (Lipinski definition) is 0. The van der Waals surface area contributed by atoms with Gasteiger partial charge in [0.1, 0.15) is 13.2 Å². The first-order chi connectivity index (χ1) is 41.0. The van der Waals surface area contributed by atoms with Gasteiger partial charge >= 0.3 is 17.9 Å². The molecule has 6 nitrogen and oxygen atoms in total. The van der Waals surface area contributed by atoms with E-state index in [9.17, 15) is 14.4 Å². The average molecular weight is 1170 g/mol. The summed E-state index contributed by atoms with van der Waals surface area (Å²) >= 11 is 0. The van der Waals surface area contributed by atoms with E-state index in [1.807, 2.05) is 0 Å². The second-order valence-corrected chi connectivity index (χ2v) is 25.9. The Hall–Kier alpha value is -2.11. The lowest BCUT2D eigenvalue weighted by Crippen LogP contribution is -2.30. The maximum Gasteiger partial charge on any atom is 0.306 e. The van der Waals surface area contributed by atoms with Crippen LogP contribution in [0.15, 0.2) is 24.3 Å². The summed E-state index contributed by atoms with van der Waals surface area (Å²) in [6, 6.07) is 0. The molecule has 0 heterocycles. The molecule has 0 aromatic heterocycles. The van der Waals surface area contributed by atoms with Crippen molar-refractivity contribution in [1.82, 2.24) is 0 Å².